The van der Waals surface area contributed by atoms with Crippen LogP contribution in [-0.4, -0.2) is 17.7 Å². The highest BCUT2D eigenvalue weighted by atomic mass is 16.5. The molecule has 0 fully saturated rings. The molecule has 17 heavy (non-hydrogen) atoms. The SMILES string of the molecule is C=COC(=O)CCCCCCCCCCCO. The van der Waals surface area contributed by atoms with Crippen molar-refractivity contribution in [2.45, 2.75) is 64.2 Å². The van der Waals surface area contributed by atoms with Crippen LogP contribution >= 0.6 is 0 Å². The lowest BCUT2D eigenvalue weighted by Crippen LogP contribution is -1.98. The molecule has 0 atom stereocenters. The van der Waals surface area contributed by atoms with Crippen molar-refractivity contribution in [3.05, 3.63) is 12.8 Å². The number of aliphatic hydroxyl groups is 1. The van der Waals surface area contributed by atoms with E-state index in [-0.39, 0.29) is 5.97 Å². The number of hydrogen-bond acceptors (Lipinski definition) is 3. The molecule has 0 aliphatic heterocycles. The van der Waals surface area contributed by atoms with E-state index in [4.69, 9.17) is 5.11 Å². The maximum Gasteiger partial charge on any atom is 0.310 e. The zero-order valence-electron chi connectivity index (χ0n) is 10.8. The number of carbonyl (C=O) groups is 1. The van der Waals surface area contributed by atoms with Gasteiger partial charge in [-0.2, -0.15) is 0 Å². The second-order valence-corrected chi connectivity index (χ2v) is 4.31. The van der Waals surface area contributed by atoms with Crippen molar-refractivity contribution >= 4 is 5.97 Å². The first kappa shape index (κ1) is 16.2. The maximum absolute atomic E-state index is 11.0. The first-order chi connectivity index (χ1) is 8.31. The smallest absolute Gasteiger partial charge is 0.310 e. The molecule has 0 aromatic rings. The topological polar surface area (TPSA) is 46.5 Å². The molecule has 0 radical (unpaired) electrons. The molecule has 0 rings (SSSR count). The summed E-state index contributed by atoms with van der Waals surface area (Å²) in [6, 6.07) is 0. The molecule has 3 heteroatoms. The fourth-order valence-corrected chi connectivity index (χ4v) is 1.77. The van der Waals surface area contributed by atoms with Crippen molar-refractivity contribution in [2.24, 2.45) is 0 Å². The normalized spacial score (nSPS) is 10.2. The summed E-state index contributed by atoms with van der Waals surface area (Å²) >= 11 is 0. The number of aliphatic hydroxyl groups excluding tert-OH is 1. The lowest BCUT2D eigenvalue weighted by atomic mass is 10.1. The summed E-state index contributed by atoms with van der Waals surface area (Å²) in [5, 5.41) is 8.61. The Morgan fingerprint density at radius 2 is 1.41 bits per heavy atom. The standard InChI is InChI=1S/C14H26O3/c1-2-17-14(16)12-10-8-6-4-3-5-7-9-11-13-15/h2,15H,1,3-13H2. The van der Waals surface area contributed by atoms with Crippen LogP contribution in [0, 0.1) is 0 Å². The predicted octanol–water partition coefficient (Wildman–Crippen LogP) is 3.57. The van der Waals surface area contributed by atoms with Crippen LogP contribution in [0.2, 0.25) is 0 Å². The molecule has 0 saturated heterocycles. The van der Waals surface area contributed by atoms with Gasteiger partial charge in [0.1, 0.15) is 0 Å². The Labute approximate surface area is 105 Å². The zero-order valence-corrected chi connectivity index (χ0v) is 10.8. The van der Waals surface area contributed by atoms with Crippen LogP contribution in [0.3, 0.4) is 0 Å². The van der Waals surface area contributed by atoms with Gasteiger partial charge in [-0.1, -0.05) is 51.5 Å². The van der Waals surface area contributed by atoms with Gasteiger partial charge in [0, 0.05) is 13.0 Å². The van der Waals surface area contributed by atoms with Crippen molar-refractivity contribution in [2.75, 3.05) is 6.61 Å². The summed E-state index contributed by atoms with van der Waals surface area (Å²) in [6.07, 6.45) is 12.0. The second kappa shape index (κ2) is 13.2. The summed E-state index contributed by atoms with van der Waals surface area (Å²) in [5.74, 6) is -0.177. The van der Waals surface area contributed by atoms with E-state index < -0.39 is 0 Å². The highest BCUT2D eigenvalue weighted by Crippen LogP contribution is 2.10. The van der Waals surface area contributed by atoms with E-state index in [2.05, 4.69) is 11.3 Å². The molecule has 0 heterocycles. The highest BCUT2D eigenvalue weighted by Gasteiger charge is 1.99. The molecule has 0 unspecified atom stereocenters. The van der Waals surface area contributed by atoms with E-state index in [1.165, 1.54) is 38.4 Å². The molecule has 0 aliphatic rings. The largest absolute Gasteiger partial charge is 0.435 e. The van der Waals surface area contributed by atoms with E-state index in [1.807, 2.05) is 0 Å². The highest BCUT2D eigenvalue weighted by molar-refractivity contribution is 5.69. The van der Waals surface area contributed by atoms with Gasteiger partial charge in [-0.25, -0.2) is 0 Å². The fourth-order valence-electron chi connectivity index (χ4n) is 1.77. The van der Waals surface area contributed by atoms with Gasteiger partial charge in [-0.15, -0.1) is 0 Å². The Balaban J connectivity index is 3.03. The molecule has 0 amide bonds. The molecular formula is C14H26O3. The average molecular weight is 242 g/mol. The minimum absolute atomic E-state index is 0.177. The molecule has 100 valence electrons. The van der Waals surface area contributed by atoms with E-state index in [0.29, 0.717) is 13.0 Å². The molecule has 0 aromatic heterocycles. The number of rotatable bonds is 12. The zero-order chi connectivity index (χ0) is 12.8. The van der Waals surface area contributed by atoms with Crippen LogP contribution in [0.15, 0.2) is 12.8 Å². The van der Waals surface area contributed by atoms with Gasteiger partial charge in [-0.3, -0.25) is 4.79 Å². The van der Waals surface area contributed by atoms with Crippen molar-refractivity contribution in [3.63, 3.8) is 0 Å². The molecule has 0 aromatic carbocycles. The Kier molecular flexibility index (Phi) is 12.6. The van der Waals surface area contributed by atoms with Crippen LogP contribution in [0.4, 0.5) is 0 Å². The van der Waals surface area contributed by atoms with Crippen LogP contribution in [-0.2, 0) is 9.53 Å². The van der Waals surface area contributed by atoms with Crippen molar-refractivity contribution < 1.29 is 14.6 Å². The first-order valence-electron chi connectivity index (χ1n) is 6.72. The fraction of sp³-hybridized carbons (Fsp3) is 0.786. The lowest BCUT2D eigenvalue weighted by molar-refractivity contribution is -0.138. The molecule has 0 bridgehead atoms. The summed E-state index contributed by atoms with van der Waals surface area (Å²) in [5.41, 5.74) is 0. The van der Waals surface area contributed by atoms with Crippen LogP contribution in [0.25, 0.3) is 0 Å². The van der Waals surface area contributed by atoms with Crippen molar-refractivity contribution in [1.82, 2.24) is 0 Å². The van der Waals surface area contributed by atoms with Crippen molar-refractivity contribution in [1.29, 1.82) is 0 Å². The third kappa shape index (κ3) is 13.1. The average Bonchev–Trinajstić information content (AvgIpc) is 2.32. The van der Waals surface area contributed by atoms with Gasteiger partial charge < -0.3 is 9.84 Å². The van der Waals surface area contributed by atoms with Gasteiger partial charge in [0.25, 0.3) is 0 Å². The Morgan fingerprint density at radius 3 is 1.88 bits per heavy atom. The summed E-state index contributed by atoms with van der Waals surface area (Å²) in [7, 11) is 0. The van der Waals surface area contributed by atoms with E-state index in [9.17, 15) is 4.79 Å². The number of carbonyl (C=O) groups excluding carboxylic acids is 1. The minimum atomic E-state index is -0.177. The maximum atomic E-state index is 11.0. The van der Waals surface area contributed by atoms with Crippen LogP contribution < -0.4 is 0 Å². The number of ether oxygens (including phenoxy) is 1. The van der Waals surface area contributed by atoms with Gasteiger partial charge in [0.15, 0.2) is 0 Å². The summed E-state index contributed by atoms with van der Waals surface area (Å²) in [6.45, 7) is 3.66. The van der Waals surface area contributed by atoms with E-state index >= 15 is 0 Å². The second-order valence-electron chi connectivity index (χ2n) is 4.31. The Hall–Kier alpha value is -0.830. The Bertz CT molecular complexity index is 190. The minimum Gasteiger partial charge on any atom is -0.435 e. The van der Waals surface area contributed by atoms with E-state index in [1.54, 1.807) is 0 Å². The molecule has 0 spiro atoms. The van der Waals surface area contributed by atoms with Gasteiger partial charge >= 0.3 is 5.97 Å². The van der Waals surface area contributed by atoms with Gasteiger partial charge in [0.2, 0.25) is 0 Å². The third-order valence-electron chi connectivity index (χ3n) is 2.75. The predicted molar refractivity (Wildman–Crippen MR) is 69.5 cm³/mol. The molecule has 1 N–H and O–H groups in total. The molecular weight excluding hydrogens is 216 g/mol. The van der Waals surface area contributed by atoms with Gasteiger partial charge in [-0.05, 0) is 12.8 Å². The molecule has 3 nitrogen and oxygen atoms in total. The monoisotopic (exact) mass is 242 g/mol. The third-order valence-corrected chi connectivity index (χ3v) is 2.75. The number of hydrogen-bond donors (Lipinski definition) is 1. The quantitative estimate of drug-likeness (QED) is 0.323. The lowest BCUT2D eigenvalue weighted by Gasteiger charge is -2.01. The first-order valence-corrected chi connectivity index (χ1v) is 6.72. The van der Waals surface area contributed by atoms with Gasteiger partial charge in [0.05, 0.1) is 6.26 Å². The van der Waals surface area contributed by atoms with Crippen molar-refractivity contribution in [3.8, 4) is 0 Å². The van der Waals surface area contributed by atoms with E-state index in [0.717, 1.165) is 25.7 Å². The number of esters is 1. The molecule has 0 aliphatic carbocycles. The number of unbranched alkanes of at least 4 members (excludes halogenated alkanes) is 8. The Morgan fingerprint density at radius 1 is 0.941 bits per heavy atom. The van der Waals surface area contributed by atoms with Crippen LogP contribution in [0.1, 0.15) is 64.2 Å². The van der Waals surface area contributed by atoms with Crippen LogP contribution in [0.5, 0.6) is 0 Å². The summed E-state index contributed by atoms with van der Waals surface area (Å²) < 4.78 is 4.63. The summed E-state index contributed by atoms with van der Waals surface area (Å²) in [4.78, 5) is 11.0. The molecule has 0 saturated carbocycles.